The minimum Gasteiger partial charge on any atom is -0.459 e. The number of nitrogens with one attached hydrogen (secondary N) is 1. The highest BCUT2D eigenvalue weighted by atomic mass is 19.4. The molecule has 0 saturated heterocycles. The second-order valence-corrected chi connectivity index (χ2v) is 5.35. The summed E-state index contributed by atoms with van der Waals surface area (Å²) in [7, 11) is 0. The highest BCUT2D eigenvalue weighted by Gasteiger charge is 2.35. The van der Waals surface area contributed by atoms with Gasteiger partial charge in [-0.25, -0.2) is 9.97 Å². The molecule has 0 spiro atoms. The smallest absolute Gasteiger partial charge is 0.433 e. The molecule has 1 saturated carbocycles. The number of halogens is 3. The van der Waals surface area contributed by atoms with Crippen LogP contribution in [0.4, 0.5) is 13.2 Å². The van der Waals surface area contributed by atoms with E-state index >= 15 is 0 Å². The maximum Gasteiger partial charge on any atom is 0.433 e. The topological polar surface area (TPSA) is 68.0 Å². The highest BCUT2D eigenvalue weighted by Crippen LogP contribution is 2.40. The second-order valence-electron chi connectivity index (χ2n) is 5.35. The van der Waals surface area contributed by atoms with E-state index in [0.717, 1.165) is 18.9 Å². The van der Waals surface area contributed by atoms with Gasteiger partial charge in [-0.15, -0.1) is 0 Å². The first-order valence-electron chi connectivity index (χ1n) is 7.20. The van der Waals surface area contributed by atoms with Gasteiger partial charge in [0.05, 0.1) is 6.26 Å². The molecular formula is C15H14F3N3O2. The zero-order chi connectivity index (χ0) is 16.4. The zero-order valence-electron chi connectivity index (χ0n) is 12.1. The van der Waals surface area contributed by atoms with Gasteiger partial charge in [0.15, 0.2) is 5.76 Å². The minimum atomic E-state index is -4.50. The minimum absolute atomic E-state index is 0.0847. The molecule has 1 fully saturated rings. The zero-order valence-corrected chi connectivity index (χ0v) is 12.1. The number of furan rings is 1. The molecule has 0 aromatic carbocycles. The number of amides is 1. The van der Waals surface area contributed by atoms with Crippen LogP contribution in [0, 0.1) is 0 Å². The van der Waals surface area contributed by atoms with Crippen LogP contribution in [-0.4, -0.2) is 22.4 Å². The van der Waals surface area contributed by atoms with E-state index in [9.17, 15) is 18.0 Å². The molecule has 0 aliphatic heterocycles. The van der Waals surface area contributed by atoms with Gasteiger partial charge in [-0.05, 0) is 31.0 Å². The van der Waals surface area contributed by atoms with Crippen molar-refractivity contribution in [2.24, 2.45) is 0 Å². The van der Waals surface area contributed by atoms with E-state index in [1.807, 2.05) is 0 Å². The Morgan fingerprint density at radius 2 is 2.13 bits per heavy atom. The van der Waals surface area contributed by atoms with Gasteiger partial charge in [-0.2, -0.15) is 13.2 Å². The summed E-state index contributed by atoms with van der Waals surface area (Å²) in [6.45, 7) is 0.130. The largest absolute Gasteiger partial charge is 0.459 e. The van der Waals surface area contributed by atoms with E-state index in [1.165, 1.54) is 12.3 Å². The third-order valence-corrected chi connectivity index (χ3v) is 3.46. The molecular weight excluding hydrogens is 311 g/mol. The normalized spacial score (nSPS) is 14.7. The van der Waals surface area contributed by atoms with Gasteiger partial charge in [-0.1, -0.05) is 0 Å². The van der Waals surface area contributed by atoms with Crippen molar-refractivity contribution >= 4 is 5.91 Å². The molecule has 23 heavy (non-hydrogen) atoms. The lowest BCUT2D eigenvalue weighted by molar-refractivity contribution is -0.141. The second kappa shape index (κ2) is 6.02. The van der Waals surface area contributed by atoms with Crippen molar-refractivity contribution < 1.29 is 22.4 Å². The fraction of sp³-hybridized carbons (Fsp3) is 0.400. The Bertz CT molecular complexity index is 694. The van der Waals surface area contributed by atoms with Crippen LogP contribution in [0.2, 0.25) is 0 Å². The summed E-state index contributed by atoms with van der Waals surface area (Å²) in [6.07, 6.45) is -1.31. The van der Waals surface area contributed by atoms with Gasteiger partial charge in [0.1, 0.15) is 11.5 Å². The number of alkyl halides is 3. The molecule has 5 nitrogen and oxygen atoms in total. The first-order chi connectivity index (χ1) is 10.9. The van der Waals surface area contributed by atoms with Gasteiger partial charge < -0.3 is 9.73 Å². The standard InChI is InChI=1S/C15H14F3N3O2/c16-15(17,18)12-8-10(9-3-4-9)20-13(21-12)5-6-19-14(22)11-2-1-7-23-11/h1-2,7-9H,3-6H2,(H,19,22). The van der Waals surface area contributed by atoms with Crippen LogP contribution in [0.25, 0.3) is 0 Å². The summed E-state index contributed by atoms with van der Waals surface area (Å²) in [4.78, 5) is 19.4. The number of nitrogens with zero attached hydrogens (tertiary/aromatic N) is 2. The molecule has 1 aliphatic rings. The summed E-state index contributed by atoms with van der Waals surface area (Å²) >= 11 is 0. The maximum atomic E-state index is 12.9. The van der Waals surface area contributed by atoms with E-state index in [2.05, 4.69) is 15.3 Å². The van der Waals surface area contributed by atoms with Crippen molar-refractivity contribution in [3.05, 3.63) is 47.4 Å². The number of carbonyl (C=O) groups excluding carboxylic acids is 1. The Kier molecular flexibility index (Phi) is 4.06. The molecule has 2 aromatic heterocycles. The van der Waals surface area contributed by atoms with Crippen molar-refractivity contribution in [1.82, 2.24) is 15.3 Å². The van der Waals surface area contributed by atoms with Gasteiger partial charge in [0, 0.05) is 24.6 Å². The molecule has 122 valence electrons. The van der Waals surface area contributed by atoms with E-state index in [-0.39, 0.29) is 30.5 Å². The van der Waals surface area contributed by atoms with Crippen LogP contribution in [0.3, 0.4) is 0 Å². The van der Waals surface area contributed by atoms with Crippen LogP contribution >= 0.6 is 0 Å². The van der Waals surface area contributed by atoms with Crippen LogP contribution in [0.15, 0.2) is 28.9 Å². The third kappa shape index (κ3) is 3.88. The molecule has 2 aromatic rings. The predicted octanol–water partition coefficient (Wildman–Crippen LogP) is 2.94. The van der Waals surface area contributed by atoms with Crippen LogP contribution in [0.5, 0.6) is 0 Å². The highest BCUT2D eigenvalue weighted by molar-refractivity contribution is 5.91. The number of hydrogen-bond donors (Lipinski definition) is 1. The van der Waals surface area contributed by atoms with Crippen LogP contribution < -0.4 is 5.32 Å². The number of carbonyl (C=O) groups is 1. The molecule has 0 bridgehead atoms. The Balaban J connectivity index is 1.67. The van der Waals surface area contributed by atoms with Crippen molar-refractivity contribution in [2.75, 3.05) is 6.54 Å². The van der Waals surface area contributed by atoms with E-state index in [4.69, 9.17) is 4.42 Å². The van der Waals surface area contributed by atoms with E-state index in [0.29, 0.717) is 5.69 Å². The summed E-state index contributed by atoms with van der Waals surface area (Å²) in [5.41, 5.74) is -0.499. The van der Waals surface area contributed by atoms with Gasteiger partial charge in [0.2, 0.25) is 0 Å². The van der Waals surface area contributed by atoms with Gasteiger partial charge >= 0.3 is 6.18 Å². The third-order valence-electron chi connectivity index (χ3n) is 3.46. The fourth-order valence-electron chi connectivity index (χ4n) is 2.15. The molecule has 1 amide bonds. The molecule has 8 heteroatoms. The molecule has 1 N–H and O–H groups in total. The van der Waals surface area contributed by atoms with E-state index in [1.54, 1.807) is 6.07 Å². The molecule has 0 atom stereocenters. The fourth-order valence-corrected chi connectivity index (χ4v) is 2.15. The lowest BCUT2D eigenvalue weighted by Gasteiger charge is -2.10. The Hall–Kier alpha value is -2.38. The van der Waals surface area contributed by atoms with Crippen molar-refractivity contribution in [3.8, 4) is 0 Å². The van der Waals surface area contributed by atoms with Crippen LogP contribution in [0.1, 0.15) is 46.5 Å². The average molecular weight is 325 g/mol. The van der Waals surface area contributed by atoms with E-state index < -0.39 is 17.8 Å². The van der Waals surface area contributed by atoms with Gasteiger partial charge in [0.25, 0.3) is 5.91 Å². The lowest BCUT2D eigenvalue weighted by atomic mass is 10.2. The number of rotatable bonds is 5. The summed E-state index contributed by atoms with van der Waals surface area (Å²) in [5, 5.41) is 2.56. The molecule has 1 aliphatic carbocycles. The SMILES string of the molecule is O=C(NCCc1nc(C2CC2)cc(C(F)(F)F)n1)c1ccco1. The quantitative estimate of drug-likeness (QED) is 0.918. The van der Waals surface area contributed by atoms with Crippen molar-refractivity contribution in [2.45, 2.75) is 31.4 Å². The monoisotopic (exact) mass is 325 g/mol. The first-order valence-corrected chi connectivity index (χ1v) is 7.20. The molecule has 3 rings (SSSR count). The first kappa shape index (κ1) is 15.5. The molecule has 2 heterocycles. The Morgan fingerprint density at radius 1 is 1.35 bits per heavy atom. The average Bonchev–Trinajstić information content (AvgIpc) is 3.20. The predicted molar refractivity (Wildman–Crippen MR) is 73.8 cm³/mol. The van der Waals surface area contributed by atoms with Gasteiger partial charge in [-0.3, -0.25) is 4.79 Å². The number of hydrogen-bond acceptors (Lipinski definition) is 4. The lowest BCUT2D eigenvalue weighted by Crippen LogP contribution is -2.26. The maximum absolute atomic E-state index is 12.9. The summed E-state index contributed by atoms with van der Waals surface area (Å²) in [6, 6.07) is 4.09. The van der Waals surface area contributed by atoms with Crippen LogP contribution in [-0.2, 0) is 12.6 Å². The Labute approximate surface area is 129 Å². The molecule has 0 radical (unpaired) electrons. The van der Waals surface area contributed by atoms with Crippen molar-refractivity contribution in [1.29, 1.82) is 0 Å². The number of aromatic nitrogens is 2. The summed E-state index contributed by atoms with van der Waals surface area (Å²) in [5.74, 6) is -0.102. The Morgan fingerprint density at radius 3 is 2.74 bits per heavy atom. The summed E-state index contributed by atoms with van der Waals surface area (Å²) < 4.78 is 43.6. The van der Waals surface area contributed by atoms with Crippen molar-refractivity contribution in [3.63, 3.8) is 0 Å². The molecule has 0 unspecified atom stereocenters.